The van der Waals surface area contributed by atoms with Crippen molar-refractivity contribution >= 4 is 75.8 Å². The summed E-state index contributed by atoms with van der Waals surface area (Å²) in [5, 5.41) is 18.2. The number of amides is 1. The normalized spacial score (nSPS) is 11.3. The summed E-state index contributed by atoms with van der Waals surface area (Å²) >= 11 is 24.9. The van der Waals surface area contributed by atoms with E-state index in [1.165, 1.54) is 18.2 Å². The van der Waals surface area contributed by atoms with Crippen LogP contribution >= 0.6 is 46.4 Å². The molecule has 0 aliphatic rings. The third-order valence-electron chi connectivity index (χ3n) is 5.79. The molecule has 1 amide bonds. The van der Waals surface area contributed by atoms with Crippen LogP contribution in [-0.2, 0) is 14.4 Å². The number of nitrogens with zero attached hydrogens (tertiary/aromatic N) is 1. The third kappa shape index (κ3) is 8.04. The van der Waals surface area contributed by atoms with Crippen molar-refractivity contribution in [1.29, 1.82) is 0 Å². The quantitative estimate of drug-likeness (QED) is 0.126. The molecule has 0 radical (unpaired) electrons. The van der Waals surface area contributed by atoms with Crippen LogP contribution in [0.5, 0.6) is 11.5 Å². The molecule has 10 nitrogen and oxygen atoms in total. The first-order valence-corrected chi connectivity index (χ1v) is 13.6. The molecular formula is C28H25Cl4NO9. The first-order chi connectivity index (χ1) is 19.7. The van der Waals surface area contributed by atoms with Gasteiger partial charge in [-0.15, -0.1) is 0 Å². The summed E-state index contributed by atoms with van der Waals surface area (Å²) in [5.74, 6) is -5.87. The smallest absolute Gasteiger partial charge is 0.366 e. The van der Waals surface area contributed by atoms with Crippen molar-refractivity contribution in [3.63, 3.8) is 0 Å². The van der Waals surface area contributed by atoms with Crippen LogP contribution < -0.4 is 9.47 Å². The number of aliphatic carboxylic acids is 2. The van der Waals surface area contributed by atoms with Gasteiger partial charge in [0.15, 0.2) is 18.2 Å². The fourth-order valence-electron chi connectivity index (χ4n) is 3.36. The molecule has 1 unspecified atom stereocenters. The summed E-state index contributed by atoms with van der Waals surface area (Å²) < 4.78 is 10.8. The van der Waals surface area contributed by atoms with E-state index in [2.05, 4.69) is 13.2 Å². The number of halogens is 4. The second kappa shape index (κ2) is 15.1. The zero-order chi connectivity index (χ0) is 31.9. The Balaban J connectivity index is 2.35. The van der Waals surface area contributed by atoms with Crippen LogP contribution in [0.1, 0.15) is 47.4 Å². The molecule has 224 valence electrons. The lowest BCUT2D eigenvalue weighted by Gasteiger charge is -2.28. The van der Waals surface area contributed by atoms with E-state index in [1.54, 1.807) is 13.8 Å². The SMILES string of the molecule is C=C(CC)C(=O)c1ccc(OCC(=O)N(CC(=O)O)C(Oc2ccc(C(=O)C(=C)CC)c(Cl)c2Cl)C(=O)O)c(Cl)c1Cl. The van der Waals surface area contributed by atoms with Crippen LogP contribution in [0.15, 0.2) is 48.6 Å². The van der Waals surface area contributed by atoms with Crippen molar-refractivity contribution in [3.05, 3.63) is 79.8 Å². The highest BCUT2D eigenvalue weighted by atomic mass is 35.5. The summed E-state index contributed by atoms with van der Waals surface area (Å²) in [7, 11) is 0. The molecule has 0 aliphatic heterocycles. The maximum atomic E-state index is 13.0. The number of Topliss-reactive ketones (excluding diaryl/α,β-unsaturated/α-hetero) is 2. The maximum Gasteiger partial charge on any atom is 0.366 e. The van der Waals surface area contributed by atoms with E-state index in [-0.39, 0.29) is 53.9 Å². The van der Waals surface area contributed by atoms with E-state index in [0.717, 1.165) is 6.07 Å². The molecule has 0 aromatic heterocycles. The fourth-order valence-corrected chi connectivity index (χ4v) is 4.27. The minimum atomic E-state index is -2.21. The minimum absolute atomic E-state index is 0.0122. The molecule has 2 N–H and O–H groups in total. The van der Waals surface area contributed by atoms with Crippen LogP contribution in [0.3, 0.4) is 0 Å². The predicted octanol–water partition coefficient (Wildman–Crippen LogP) is 6.38. The van der Waals surface area contributed by atoms with Crippen molar-refractivity contribution in [3.8, 4) is 11.5 Å². The van der Waals surface area contributed by atoms with Gasteiger partial charge in [0.25, 0.3) is 12.1 Å². The van der Waals surface area contributed by atoms with Gasteiger partial charge in [0.2, 0.25) is 0 Å². The largest absolute Gasteiger partial charge is 0.482 e. The molecule has 0 aliphatic carbocycles. The van der Waals surface area contributed by atoms with E-state index < -0.39 is 48.8 Å². The summed E-state index contributed by atoms with van der Waals surface area (Å²) in [6.07, 6.45) is -1.49. The van der Waals surface area contributed by atoms with E-state index in [9.17, 15) is 34.2 Å². The van der Waals surface area contributed by atoms with Gasteiger partial charge in [-0.1, -0.05) is 73.4 Å². The Bertz CT molecular complexity index is 1470. The van der Waals surface area contributed by atoms with Crippen molar-refractivity contribution in [2.45, 2.75) is 32.9 Å². The molecule has 2 aromatic carbocycles. The van der Waals surface area contributed by atoms with Gasteiger partial charge in [0.05, 0.1) is 10.0 Å². The predicted molar refractivity (Wildman–Crippen MR) is 157 cm³/mol. The van der Waals surface area contributed by atoms with E-state index in [0.29, 0.717) is 17.7 Å². The number of allylic oxidation sites excluding steroid dienone is 2. The number of carbonyl (C=O) groups is 5. The number of carbonyl (C=O) groups excluding carboxylic acids is 3. The van der Waals surface area contributed by atoms with Gasteiger partial charge in [0.1, 0.15) is 28.1 Å². The molecule has 2 aromatic rings. The van der Waals surface area contributed by atoms with E-state index in [4.69, 9.17) is 55.9 Å². The van der Waals surface area contributed by atoms with Crippen LogP contribution in [0.2, 0.25) is 20.1 Å². The van der Waals surface area contributed by atoms with E-state index >= 15 is 0 Å². The standard InChI is InChI=1S/C28H25Cl4NO9/c1-5-13(3)25(37)15-7-9-17(23(31)21(15)29)41-12-19(34)33(11-20(35)36)27(28(39)40)42-18-10-8-16(22(30)24(18)32)26(38)14(4)6-2/h7-10,27H,3-6,11-12H2,1-2H3,(H,35,36)(H,39,40). The number of carboxylic acids is 2. The second-order valence-corrected chi connectivity index (χ2v) is 10.1. The number of hydrogen-bond acceptors (Lipinski definition) is 7. The average Bonchev–Trinajstić information content (AvgIpc) is 2.95. The van der Waals surface area contributed by atoms with Crippen LogP contribution in [-0.4, -0.2) is 63.9 Å². The Morgan fingerprint density at radius 1 is 0.786 bits per heavy atom. The third-order valence-corrected chi connectivity index (χ3v) is 7.52. The Morgan fingerprint density at radius 3 is 1.67 bits per heavy atom. The Kier molecular flexibility index (Phi) is 12.4. The van der Waals surface area contributed by atoms with Gasteiger partial charge < -0.3 is 19.7 Å². The molecule has 1 atom stereocenters. The lowest BCUT2D eigenvalue weighted by molar-refractivity contribution is -0.166. The minimum Gasteiger partial charge on any atom is -0.482 e. The van der Waals surface area contributed by atoms with Gasteiger partial charge in [-0.2, -0.15) is 0 Å². The number of hydrogen-bond donors (Lipinski definition) is 2. The summed E-state index contributed by atoms with van der Waals surface area (Å²) in [4.78, 5) is 62.0. The molecule has 0 spiro atoms. The summed E-state index contributed by atoms with van der Waals surface area (Å²) in [5.41, 5.74) is 0.579. The van der Waals surface area contributed by atoms with E-state index in [1.807, 2.05) is 0 Å². The summed E-state index contributed by atoms with van der Waals surface area (Å²) in [6.45, 7) is 8.75. The topological polar surface area (TPSA) is 148 Å². The first-order valence-electron chi connectivity index (χ1n) is 12.1. The number of ketones is 2. The average molecular weight is 661 g/mol. The zero-order valence-electron chi connectivity index (χ0n) is 22.3. The van der Waals surface area contributed by atoms with Crippen LogP contribution in [0, 0.1) is 0 Å². The molecule has 0 saturated heterocycles. The first kappa shape index (κ1) is 34.6. The fraction of sp³-hybridized carbons (Fsp3) is 0.250. The molecule has 0 saturated carbocycles. The zero-order valence-corrected chi connectivity index (χ0v) is 25.4. The number of carboxylic acid groups (broad SMARTS) is 2. The van der Waals surface area contributed by atoms with Crippen LogP contribution in [0.25, 0.3) is 0 Å². The monoisotopic (exact) mass is 659 g/mol. The number of rotatable bonds is 15. The highest BCUT2D eigenvalue weighted by Gasteiger charge is 2.35. The van der Waals surface area contributed by atoms with Gasteiger partial charge in [0, 0.05) is 11.1 Å². The second-order valence-electron chi connectivity index (χ2n) is 8.56. The molecule has 42 heavy (non-hydrogen) atoms. The van der Waals surface area contributed by atoms with Crippen molar-refractivity contribution in [2.24, 2.45) is 0 Å². The van der Waals surface area contributed by atoms with Crippen molar-refractivity contribution < 1.29 is 43.7 Å². The lowest BCUT2D eigenvalue weighted by atomic mass is 10.0. The maximum absolute atomic E-state index is 13.0. The van der Waals surface area contributed by atoms with Gasteiger partial charge in [-0.05, 0) is 48.3 Å². The highest BCUT2D eigenvalue weighted by Crippen LogP contribution is 2.37. The number of ether oxygens (including phenoxy) is 2. The Morgan fingerprint density at radius 2 is 1.24 bits per heavy atom. The van der Waals surface area contributed by atoms with Gasteiger partial charge >= 0.3 is 11.9 Å². The van der Waals surface area contributed by atoms with Gasteiger partial charge in [-0.3, -0.25) is 24.1 Å². The van der Waals surface area contributed by atoms with Gasteiger partial charge in [-0.25, -0.2) is 4.79 Å². The molecule has 0 bridgehead atoms. The Labute approximate surface area is 261 Å². The van der Waals surface area contributed by atoms with Crippen molar-refractivity contribution in [2.75, 3.05) is 13.2 Å². The van der Waals surface area contributed by atoms with Crippen LogP contribution in [0.4, 0.5) is 0 Å². The molecule has 14 heteroatoms. The highest BCUT2D eigenvalue weighted by molar-refractivity contribution is 6.46. The molecular weight excluding hydrogens is 636 g/mol. The summed E-state index contributed by atoms with van der Waals surface area (Å²) in [6, 6.07) is 4.96. The number of benzene rings is 2. The van der Waals surface area contributed by atoms with Crippen molar-refractivity contribution in [1.82, 2.24) is 4.90 Å². The molecule has 2 rings (SSSR count). The molecule has 0 heterocycles. The molecule has 0 fully saturated rings. The Hall–Kier alpha value is -3.57. The lowest BCUT2D eigenvalue weighted by Crippen LogP contribution is -2.52.